The van der Waals surface area contributed by atoms with Gasteiger partial charge in [0.05, 0.1) is 5.52 Å². The Hall–Kier alpha value is -1.71. The van der Waals surface area contributed by atoms with E-state index in [1.807, 2.05) is 0 Å². The van der Waals surface area contributed by atoms with Crippen LogP contribution in [0.15, 0.2) is 23.0 Å². The maximum atomic E-state index is 13.3. The van der Waals surface area contributed by atoms with Gasteiger partial charge in [0.15, 0.2) is 0 Å². The maximum absolute atomic E-state index is 13.3. The van der Waals surface area contributed by atoms with E-state index >= 15 is 0 Å². The van der Waals surface area contributed by atoms with Crippen molar-refractivity contribution >= 4 is 10.9 Å². The third-order valence-electron chi connectivity index (χ3n) is 2.28. The van der Waals surface area contributed by atoms with Crippen LogP contribution in [0.3, 0.4) is 0 Å². The molecular weight excluding hydrogens is 183 g/mol. The van der Waals surface area contributed by atoms with E-state index in [9.17, 15) is 9.18 Å². The van der Waals surface area contributed by atoms with E-state index in [0.717, 1.165) is 0 Å². The van der Waals surface area contributed by atoms with Gasteiger partial charge in [-0.3, -0.25) is 9.36 Å². The van der Waals surface area contributed by atoms with Gasteiger partial charge in [-0.25, -0.2) is 9.37 Å². The van der Waals surface area contributed by atoms with Crippen LogP contribution in [-0.4, -0.2) is 9.55 Å². The van der Waals surface area contributed by atoms with Gasteiger partial charge in [-0.05, 0) is 19.1 Å². The summed E-state index contributed by atoms with van der Waals surface area (Å²) >= 11 is 0. The molecule has 4 heteroatoms. The number of aromatic nitrogens is 2. The third kappa shape index (κ3) is 1.11. The molecule has 0 spiro atoms. The summed E-state index contributed by atoms with van der Waals surface area (Å²) in [4.78, 5) is 15.8. The zero-order valence-electron chi connectivity index (χ0n) is 7.91. The number of aryl methyl sites for hydroxylation is 1. The number of benzene rings is 1. The number of hydrogen-bond donors (Lipinski definition) is 0. The van der Waals surface area contributed by atoms with Crippen LogP contribution in [0, 0.1) is 12.7 Å². The Labute approximate surface area is 79.8 Å². The van der Waals surface area contributed by atoms with Crippen molar-refractivity contribution in [3.63, 3.8) is 0 Å². The predicted octanol–water partition coefficient (Wildman–Crippen LogP) is 1.38. The van der Waals surface area contributed by atoms with Crippen molar-refractivity contribution < 1.29 is 4.39 Å². The summed E-state index contributed by atoms with van der Waals surface area (Å²) in [7, 11) is 1.58. The molecular formula is C10H9FN2O. The van der Waals surface area contributed by atoms with Crippen LogP contribution in [0.2, 0.25) is 0 Å². The van der Waals surface area contributed by atoms with Crippen LogP contribution in [0.1, 0.15) is 5.82 Å². The van der Waals surface area contributed by atoms with Crippen molar-refractivity contribution in [3.8, 4) is 0 Å². The average Bonchev–Trinajstić information content (AvgIpc) is 2.14. The Kier molecular flexibility index (Phi) is 1.84. The van der Waals surface area contributed by atoms with E-state index in [2.05, 4.69) is 4.98 Å². The summed E-state index contributed by atoms with van der Waals surface area (Å²) in [5.41, 5.74) is 0.0659. The number of rotatable bonds is 0. The van der Waals surface area contributed by atoms with Crippen molar-refractivity contribution in [1.82, 2.24) is 9.55 Å². The Balaban J connectivity index is 3.07. The first kappa shape index (κ1) is 8.87. The van der Waals surface area contributed by atoms with Gasteiger partial charge in [0.2, 0.25) is 0 Å². The van der Waals surface area contributed by atoms with Crippen LogP contribution < -0.4 is 5.56 Å². The van der Waals surface area contributed by atoms with E-state index in [4.69, 9.17) is 0 Å². The summed E-state index contributed by atoms with van der Waals surface area (Å²) in [5.74, 6) is 0.0590. The molecule has 0 bridgehead atoms. The number of hydrogen-bond acceptors (Lipinski definition) is 2. The van der Waals surface area contributed by atoms with Gasteiger partial charge in [0, 0.05) is 7.05 Å². The van der Waals surface area contributed by atoms with E-state index in [0.29, 0.717) is 11.3 Å². The van der Waals surface area contributed by atoms with Gasteiger partial charge in [-0.15, -0.1) is 0 Å². The molecule has 1 aromatic carbocycles. The maximum Gasteiger partial charge on any atom is 0.264 e. The lowest BCUT2D eigenvalue weighted by Crippen LogP contribution is -2.21. The molecule has 72 valence electrons. The Morgan fingerprint density at radius 3 is 2.86 bits per heavy atom. The minimum atomic E-state index is -0.518. The summed E-state index contributed by atoms with van der Waals surface area (Å²) in [5, 5.41) is 0.0561. The largest absolute Gasteiger partial charge is 0.299 e. The highest BCUT2D eigenvalue weighted by Crippen LogP contribution is 2.11. The second-order valence-electron chi connectivity index (χ2n) is 3.16. The van der Waals surface area contributed by atoms with Crippen molar-refractivity contribution in [2.24, 2.45) is 7.05 Å². The van der Waals surface area contributed by atoms with Gasteiger partial charge in [0.25, 0.3) is 5.56 Å². The fourth-order valence-electron chi connectivity index (χ4n) is 1.38. The zero-order valence-corrected chi connectivity index (χ0v) is 7.91. The standard InChI is InChI=1S/C10H9FN2O/c1-6-12-8-5-3-4-7(11)9(8)10(14)13(6)2/h3-5H,1-2H3. The highest BCUT2D eigenvalue weighted by atomic mass is 19.1. The molecule has 0 amide bonds. The van der Waals surface area contributed by atoms with Crippen molar-refractivity contribution in [2.45, 2.75) is 6.92 Å². The van der Waals surface area contributed by atoms with Gasteiger partial charge >= 0.3 is 0 Å². The molecule has 0 N–H and O–H groups in total. The fourth-order valence-corrected chi connectivity index (χ4v) is 1.38. The van der Waals surface area contributed by atoms with Gasteiger partial charge < -0.3 is 0 Å². The minimum absolute atomic E-state index is 0.0561. The molecule has 1 heterocycles. The summed E-state index contributed by atoms with van der Waals surface area (Å²) in [6.45, 7) is 1.71. The summed E-state index contributed by atoms with van der Waals surface area (Å²) < 4.78 is 14.6. The monoisotopic (exact) mass is 192 g/mol. The van der Waals surface area contributed by atoms with Crippen molar-refractivity contribution in [1.29, 1.82) is 0 Å². The van der Waals surface area contributed by atoms with E-state index in [-0.39, 0.29) is 10.9 Å². The fraction of sp³-hybridized carbons (Fsp3) is 0.200. The normalized spacial score (nSPS) is 10.8. The highest BCUT2D eigenvalue weighted by Gasteiger charge is 2.08. The smallest absolute Gasteiger partial charge is 0.264 e. The summed E-state index contributed by atoms with van der Waals surface area (Å²) in [6.07, 6.45) is 0. The molecule has 0 saturated heterocycles. The van der Waals surface area contributed by atoms with Crippen LogP contribution in [-0.2, 0) is 7.05 Å². The number of halogens is 1. The van der Waals surface area contributed by atoms with E-state index in [1.54, 1.807) is 26.1 Å². The lowest BCUT2D eigenvalue weighted by Gasteiger charge is -2.04. The Morgan fingerprint density at radius 2 is 2.14 bits per heavy atom. The molecule has 0 fully saturated rings. The van der Waals surface area contributed by atoms with Crippen LogP contribution in [0.4, 0.5) is 4.39 Å². The first-order valence-electron chi connectivity index (χ1n) is 4.23. The summed E-state index contributed by atoms with van der Waals surface area (Å²) in [6, 6.07) is 4.44. The van der Waals surface area contributed by atoms with Crippen molar-refractivity contribution in [2.75, 3.05) is 0 Å². The Morgan fingerprint density at radius 1 is 1.43 bits per heavy atom. The molecule has 0 aliphatic rings. The topological polar surface area (TPSA) is 34.9 Å². The quantitative estimate of drug-likeness (QED) is 0.632. The molecule has 14 heavy (non-hydrogen) atoms. The van der Waals surface area contributed by atoms with Crippen LogP contribution >= 0.6 is 0 Å². The molecule has 3 nitrogen and oxygen atoms in total. The van der Waals surface area contributed by atoms with E-state index < -0.39 is 5.82 Å². The lowest BCUT2D eigenvalue weighted by atomic mass is 10.2. The molecule has 0 unspecified atom stereocenters. The second-order valence-corrected chi connectivity index (χ2v) is 3.16. The SMILES string of the molecule is Cc1nc2cccc(F)c2c(=O)n1C. The Bertz CT molecular complexity index is 560. The minimum Gasteiger partial charge on any atom is -0.299 e. The average molecular weight is 192 g/mol. The molecule has 1 aromatic heterocycles. The predicted molar refractivity (Wildman–Crippen MR) is 51.7 cm³/mol. The van der Waals surface area contributed by atoms with Crippen LogP contribution in [0.25, 0.3) is 10.9 Å². The molecule has 0 atom stereocenters. The molecule has 0 aliphatic carbocycles. The number of nitrogens with zero attached hydrogens (tertiary/aromatic N) is 2. The number of fused-ring (bicyclic) bond motifs is 1. The molecule has 2 aromatic rings. The molecule has 0 radical (unpaired) electrons. The first-order valence-corrected chi connectivity index (χ1v) is 4.23. The highest BCUT2D eigenvalue weighted by molar-refractivity contribution is 5.78. The zero-order chi connectivity index (χ0) is 10.3. The molecule has 2 rings (SSSR count). The molecule has 0 aliphatic heterocycles. The van der Waals surface area contributed by atoms with Gasteiger partial charge in [0.1, 0.15) is 17.0 Å². The first-order chi connectivity index (χ1) is 6.61. The third-order valence-corrected chi connectivity index (χ3v) is 2.28. The molecule has 0 saturated carbocycles. The lowest BCUT2D eigenvalue weighted by molar-refractivity contribution is 0.635. The van der Waals surface area contributed by atoms with Gasteiger partial charge in [-0.2, -0.15) is 0 Å². The van der Waals surface area contributed by atoms with Gasteiger partial charge in [-0.1, -0.05) is 6.07 Å². The van der Waals surface area contributed by atoms with Crippen LogP contribution in [0.5, 0.6) is 0 Å². The second kappa shape index (κ2) is 2.90. The van der Waals surface area contributed by atoms with E-state index in [1.165, 1.54) is 10.6 Å². The van der Waals surface area contributed by atoms with Crippen molar-refractivity contribution in [3.05, 3.63) is 40.2 Å².